The zero-order valence-corrected chi connectivity index (χ0v) is 11.7. The van der Waals surface area contributed by atoms with E-state index >= 15 is 0 Å². The number of hydrogen-bond acceptors (Lipinski definition) is 4. The first-order valence-corrected chi connectivity index (χ1v) is 6.56. The molecule has 1 N–H and O–H groups in total. The maximum Gasteiger partial charge on any atom is 0.236 e. The van der Waals surface area contributed by atoms with Crippen LogP contribution in [0.3, 0.4) is 0 Å². The zero-order valence-electron chi connectivity index (χ0n) is 11.7. The second-order valence-corrected chi connectivity index (χ2v) is 4.39. The van der Waals surface area contributed by atoms with Gasteiger partial charge in [0.15, 0.2) is 0 Å². The summed E-state index contributed by atoms with van der Waals surface area (Å²) in [6.45, 7) is 5.53. The van der Waals surface area contributed by atoms with Gasteiger partial charge in [0.1, 0.15) is 0 Å². The lowest BCUT2D eigenvalue weighted by Gasteiger charge is -2.30. The number of amides is 1. The lowest BCUT2D eigenvalue weighted by molar-refractivity contribution is -0.131. The molecule has 0 rings (SSSR count). The summed E-state index contributed by atoms with van der Waals surface area (Å²) in [6.07, 6.45) is 2.28. The van der Waals surface area contributed by atoms with Crippen LogP contribution in [0.2, 0.25) is 0 Å². The summed E-state index contributed by atoms with van der Waals surface area (Å²) in [5, 5.41) is 17.6. The van der Waals surface area contributed by atoms with Crippen LogP contribution < -0.4 is 0 Å². The van der Waals surface area contributed by atoms with E-state index in [-0.39, 0.29) is 12.5 Å². The molecule has 0 aliphatic heterocycles. The van der Waals surface area contributed by atoms with Crippen molar-refractivity contribution >= 4 is 5.91 Å². The highest BCUT2D eigenvalue weighted by Crippen LogP contribution is 2.08. The molecule has 5 heteroatoms. The van der Waals surface area contributed by atoms with Gasteiger partial charge in [0.2, 0.25) is 5.91 Å². The van der Waals surface area contributed by atoms with Gasteiger partial charge in [0.05, 0.1) is 25.6 Å². The van der Waals surface area contributed by atoms with Crippen LogP contribution in [0.4, 0.5) is 0 Å². The zero-order chi connectivity index (χ0) is 14.0. The summed E-state index contributed by atoms with van der Waals surface area (Å²) < 4.78 is 0. The molecule has 0 aromatic rings. The fourth-order valence-electron chi connectivity index (χ4n) is 1.96. The molecular weight excluding hydrogens is 230 g/mol. The standard InChI is InChI=1S/C13H25N3O2/c1-4-12(5-2)16(9-10-17)11-13(18)15(3)8-6-7-14/h12,17H,4-6,8-11H2,1-3H3. The molecule has 0 aliphatic carbocycles. The molecule has 104 valence electrons. The molecule has 0 saturated heterocycles. The van der Waals surface area contributed by atoms with Gasteiger partial charge in [-0.15, -0.1) is 0 Å². The number of aliphatic hydroxyl groups is 1. The number of carbonyl (C=O) groups is 1. The minimum atomic E-state index is 0.00519. The SMILES string of the molecule is CCC(CC)N(CCO)CC(=O)N(C)CCC#N. The molecular formula is C13H25N3O2. The van der Waals surface area contributed by atoms with E-state index < -0.39 is 0 Å². The van der Waals surface area contributed by atoms with E-state index in [1.807, 2.05) is 11.0 Å². The highest BCUT2D eigenvalue weighted by molar-refractivity contribution is 5.78. The molecule has 0 aromatic heterocycles. The van der Waals surface area contributed by atoms with E-state index in [0.29, 0.717) is 32.1 Å². The largest absolute Gasteiger partial charge is 0.395 e. The fraction of sp³-hybridized carbons (Fsp3) is 0.846. The van der Waals surface area contributed by atoms with E-state index in [9.17, 15) is 4.79 Å². The van der Waals surface area contributed by atoms with Gasteiger partial charge < -0.3 is 10.0 Å². The van der Waals surface area contributed by atoms with E-state index in [1.165, 1.54) is 0 Å². The monoisotopic (exact) mass is 255 g/mol. The number of nitriles is 1. The summed E-state index contributed by atoms with van der Waals surface area (Å²) in [4.78, 5) is 15.6. The van der Waals surface area contributed by atoms with Crippen LogP contribution in [0.15, 0.2) is 0 Å². The molecule has 1 amide bonds. The maximum atomic E-state index is 12.0. The number of aliphatic hydroxyl groups excluding tert-OH is 1. The Labute approximate surface area is 110 Å². The Morgan fingerprint density at radius 1 is 1.33 bits per heavy atom. The summed E-state index contributed by atoms with van der Waals surface area (Å²) >= 11 is 0. The number of likely N-dealkylation sites (N-methyl/N-ethyl adjacent to an activating group) is 1. The normalized spacial score (nSPS) is 10.7. The minimum Gasteiger partial charge on any atom is -0.395 e. The van der Waals surface area contributed by atoms with Crippen molar-refractivity contribution < 1.29 is 9.90 Å². The molecule has 0 aliphatic rings. The smallest absolute Gasteiger partial charge is 0.236 e. The van der Waals surface area contributed by atoms with Crippen LogP contribution in [-0.4, -0.2) is 60.1 Å². The van der Waals surface area contributed by atoms with Gasteiger partial charge in [-0.25, -0.2) is 0 Å². The Morgan fingerprint density at radius 3 is 2.39 bits per heavy atom. The molecule has 0 unspecified atom stereocenters. The second kappa shape index (κ2) is 9.86. The molecule has 0 bridgehead atoms. The van der Waals surface area contributed by atoms with Gasteiger partial charge in [-0.05, 0) is 12.8 Å². The van der Waals surface area contributed by atoms with Crippen LogP contribution in [0.1, 0.15) is 33.1 Å². The Balaban J connectivity index is 4.39. The Bertz CT molecular complexity index is 272. The second-order valence-electron chi connectivity index (χ2n) is 4.39. The highest BCUT2D eigenvalue weighted by Gasteiger charge is 2.19. The molecule has 5 nitrogen and oxygen atoms in total. The third-order valence-corrected chi connectivity index (χ3v) is 3.17. The van der Waals surface area contributed by atoms with E-state index in [2.05, 4.69) is 13.8 Å². The average molecular weight is 255 g/mol. The predicted molar refractivity (Wildman–Crippen MR) is 70.9 cm³/mol. The van der Waals surface area contributed by atoms with Crippen LogP contribution in [-0.2, 0) is 4.79 Å². The minimum absolute atomic E-state index is 0.00519. The maximum absolute atomic E-state index is 12.0. The quantitative estimate of drug-likeness (QED) is 0.663. The van der Waals surface area contributed by atoms with Crippen LogP contribution >= 0.6 is 0 Å². The number of nitrogens with zero attached hydrogens (tertiary/aromatic N) is 3. The summed E-state index contributed by atoms with van der Waals surface area (Å²) in [5.74, 6) is 0.00519. The molecule has 0 saturated carbocycles. The fourth-order valence-corrected chi connectivity index (χ4v) is 1.96. The van der Waals surface area contributed by atoms with Gasteiger partial charge in [0, 0.05) is 26.2 Å². The van der Waals surface area contributed by atoms with Crippen molar-refractivity contribution in [1.82, 2.24) is 9.80 Å². The summed E-state index contributed by atoms with van der Waals surface area (Å²) in [7, 11) is 1.71. The molecule has 18 heavy (non-hydrogen) atoms. The lowest BCUT2D eigenvalue weighted by atomic mass is 10.1. The molecule has 0 fully saturated rings. The van der Waals surface area contributed by atoms with Crippen molar-refractivity contribution in [2.24, 2.45) is 0 Å². The Kier molecular flexibility index (Phi) is 9.25. The summed E-state index contributed by atoms with van der Waals surface area (Å²) in [5.41, 5.74) is 0. The third kappa shape index (κ3) is 5.99. The first-order chi connectivity index (χ1) is 8.60. The summed E-state index contributed by atoms with van der Waals surface area (Å²) in [6, 6.07) is 2.35. The van der Waals surface area contributed by atoms with Crippen LogP contribution in [0.25, 0.3) is 0 Å². The van der Waals surface area contributed by atoms with Crippen molar-refractivity contribution in [2.45, 2.75) is 39.2 Å². The topological polar surface area (TPSA) is 67.6 Å². The van der Waals surface area contributed by atoms with Crippen LogP contribution in [0, 0.1) is 11.3 Å². The lowest BCUT2D eigenvalue weighted by Crippen LogP contribution is -2.44. The van der Waals surface area contributed by atoms with Gasteiger partial charge in [-0.1, -0.05) is 13.8 Å². The van der Waals surface area contributed by atoms with Crippen molar-refractivity contribution in [1.29, 1.82) is 5.26 Å². The Hall–Kier alpha value is -1.12. The van der Waals surface area contributed by atoms with E-state index in [0.717, 1.165) is 12.8 Å². The predicted octanol–water partition coefficient (Wildman–Crippen LogP) is 0.841. The molecule has 0 atom stereocenters. The first-order valence-electron chi connectivity index (χ1n) is 6.56. The molecule has 0 radical (unpaired) electrons. The number of rotatable bonds is 9. The molecule has 0 aromatic carbocycles. The Morgan fingerprint density at radius 2 is 1.94 bits per heavy atom. The van der Waals surface area contributed by atoms with Gasteiger partial charge in [-0.2, -0.15) is 5.26 Å². The van der Waals surface area contributed by atoms with Gasteiger partial charge in [0.25, 0.3) is 0 Å². The highest BCUT2D eigenvalue weighted by atomic mass is 16.3. The van der Waals surface area contributed by atoms with E-state index in [1.54, 1.807) is 11.9 Å². The average Bonchev–Trinajstić information content (AvgIpc) is 2.37. The van der Waals surface area contributed by atoms with Crippen molar-refractivity contribution in [3.63, 3.8) is 0 Å². The first kappa shape index (κ1) is 16.9. The van der Waals surface area contributed by atoms with Crippen molar-refractivity contribution in [3.05, 3.63) is 0 Å². The number of carbonyl (C=O) groups excluding carboxylic acids is 1. The van der Waals surface area contributed by atoms with E-state index in [4.69, 9.17) is 10.4 Å². The van der Waals surface area contributed by atoms with Crippen LogP contribution in [0.5, 0.6) is 0 Å². The van der Waals surface area contributed by atoms with Crippen molar-refractivity contribution in [2.75, 3.05) is 33.3 Å². The molecule has 0 spiro atoms. The van der Waals surface area contributed by atoms with Gasteiger partial charge in [-0.3, -0.25) is 9.69 Å². The van der Waals surface area contributed by atoms with Gasteiger partial charge >= 0.3 is 0 Å². The third-order valence-electron chi connectivity index (χ3n) is 3.17. The number of hydrogen-bond donors (Lipinski definition) is 1. The molecule has 0 heterocycles. The van der Waals surface area contributed by atoms with Crippen molar-refractivity contribution in [3.8, 4) is 6.07 Å².